The van der Waals surface area contributed by atoms with Gasteiger partial charge in [-0.1, -0.05) is 6.08 Å². The fourth-order valence-corrected chi connectivity index (χ4v) is 5.08. The van der Waals surface area contributed by atoms with Crippen molar-refractivity contribution in [3.8, 4) is 11.3 Å². The zero-order valence-electron chi connectivity index (χ0n) is 13.1. The van der Waals surface area contributed by atoms with Crippen molar-refractivity contribution in [1.82, 2.24) is 3.97 Å². The van der Waals surface area contributed by atoms with Crippen LogP contribution in [0.15, 0.2) is 40.2 Å². The van der Waals surface area contributed by atoms with Crippen molar-refractivity contribution in [2.45, 2.75) is 25.1 Å². The third kappa shape index (κ3) is 2.58. The number of nitrogens with zero attached hydrogens (tertiary/aromatic N) is 2. The molecule has 1 aliphatic rings. The van der Waals surface area contributed by atoms with E-state index in [1.807, 2.05) is 23.8 Å². The Morgan fingerprint density at radius 1 is 1.43 bits per heavy atom. The fourth-order valence-electron chi connectivity index (χ4n) is 2.61. The van der Waals surface area contributed by atoms with Gasteiger partial charge in [-0.2, -0.15) is 11.3 Å². The quantitative estimate of drug-likeness (QED) is 0.921. The van der Waals surface area contributed by atoms with Gasteiger partial charge in [-0.3, -0.25) is 4.99 Å². The van der Waals surface area contributed by atoms with Crippen molar-refractivity contribution in [3.05, 3.63) is 46.3 Å². The Balaban J connectivity index is 2.20. The Labute approximate surface area is 140 Å². The summed E-state index contributed by atoms with van der Waals surface area (Å²) in [6.45, 7) is 4.18. The van der Waals surface area contributed by atoms with Gasteiger partial charge in [-0.05, 0) is 42.5 Å². The Bertz CT molecular complexity index is 890. The third-order valence-corrected chi connectivity index (χ3v) is 7.23. The molecule has 2 aromatic heterocycles. The molecule has 0 fully saturated rings. The second-order valence-corrected chi connectivity index (χ2v) is 8.89. The van der Waals surface area contributed by atoms with E-state index in [0.29, 0.717) is 12.2 Å². The van der Waals surface area contributed by atoms with E-state index < -0.39 is 14.8 Å². The Hall–Kier alpha value is -1.70. The van der Waals surface area contributed by atoms with Crippen LogP contribution in [0.5, 0.6) is 0 Å². The number of dihydropyridines is 1. The number of rotatable bonds is 4. The molecule has 23 heavy (non-hydrogen) atoms. The average Bonchev–Trinajstić information content (AvgIpc) is 3.13. The molecule has 2 N–H and O–H groups in total. The predicted octanol–water partition coefficient (Wildman–Crippen LogP) is 2.56. The van der Waals surface area contributed by atoms with Crippen LogP contribution in [0, 0.1) is 6.92 Å². The van der Waals surface area contributed by atoms with Crippen LogP contribution >= 0.6 is 11.3 Å². The van der Waals surface area contributed by atoms with Crippen molar-refractivity contribution in [2.24, 2.45) is 10.7 Å². The minimum absolute atomic E-state index is 0.212. The molecule has 0 spiro atoms. The largest absolute Gasteiger partial charge is 0.326 e. The summed E-state index contributed by atoms with van der Waals surface area (Å²) in [5.74, 6) is 0. The third-order valence-electron chi connectivity index (χ3n) is 4.10. The van der Waals surface area contributed by atoms with Crippen molar-refractivity contribution < 1.29 is 8.42 Å². The summed E-state index contributed by atoms with van der Waals surface area (Å²) in [6.07, 6.45) is 6.63. The highest BCUT2D eigenvalue weighted by Crippen LogP contribution is 2.33. The lowest BCUT2D eigenvalue weighted by Crippen LogP contribution is -2.41. The molecule has 0 saturated heterocycles. The first-order chi connectivity index (χ1) is 10.9. The molecule has 0 bridgehead atoms. The first-order valence-electron chi connectivity index (χ1n) is 7.26. The minimum atomic E-state index is -3.66. The van der Waals surface area contributed by atoms with Crippen LogP contribution in [0.1, 0.15) is 18.1 Å². The van der Waals surface area contributed by atoms with E-state index in [9.17, 15) is 8.42 Å². The standard InChI is InChI=1S/C16H19N3O2S2/c1-12-9-22-10-14(12)15-6-13(7-17)8-19(15)23(20,21)16(2)4-3-5-18-11-16/h3-6,8-10H,7,11,17H2,1-2H3. The first kappa shape index (κ1) is 16.2. The molecule has 1 aliphatic heterocycles. The number of aryl methyl sites for hydroxylation is 1. The molecule has 3 heterocycles. The molecule has 5 nitrogen and oxygen atoms in total. The summed E-state index contributed by atoms with van der Waals surface area (Å²) < 4.78 is 26.8. The number of aromatic nitrogens is 1. The van der Waals surface area contributed by atoms with Crippen LogP contribution in [-0.4, -0.2) is 29.9 Å². The molecule has 0 aromatic carbocycles. The van der Waals surface area contributed by atoms with Crippen molar-refractivity contribution in [1.29, 1.82) is 0 Å². The highest BCUT2D eigenvalue weighted by Gasteiger charge is 2.40. The van der Waals surface area contributed by atoms with Gasteiger partial charge in [-0.15, -0.1) is 0 Å². The van der Waals surface area contributed by atoms with Crippen molar-refractivity contribution in [2.75, 3.05) is 6.54 Å². The molecule has 0 radical (unpaired) electrons. The number of allylic oxidation sites excluding steroid dienone is 1. The van der Waals surface area contributed by atoms with Gasteiger partial charge in [0.1, 0.15) is 4.75 Å². The highest BCUT2D eigenvalue weighted by molar-refractivity contribution is 7.91. The molecule has 0 saturated carbocycles. The van der Waals surface area contributed by atoms with E-state index >= 15 is 0 Å². The topological polar surface area (TPSA) is 77.5 Å². The maximum atomic E-state index is 13.3. The van der Waals surface area contributed by atoms with Crippen LogP contribution in [0.25, 0.3) is 11.3 Å². The highest BCUT2D eigenvalue weighted by atomic mass is 32.2. The normalized spacial score (nSPS) is 21.0. The van der Waals surface area contributed by atoms with E-state index in [1.165, 1.54) is 3.97 Å². The van der Waals surface area contributed by atoms with Gasteiger partial charge in [0.25, 0.3) is 0 Å². The minimum Gasteiger partial charge on any atom is -0.326 e. The van der Waals surface area contributed by atoms with Gasteiger partial charge in [-0.25, -0.2) is 12.4 Å². The summed E-state index contributed by atoms with van der Waals surface area (Å²) in [6, 6.07) is 1.85. The fraction of sp³-hybridized carbons (Fsp3) is 0.312. The lowest BCUT2D eigenvalue weighted by atomic mass is 10.1. The van der Waals surface area contributed by atoms with Gasteiger partial charge in [0.15, 0.2) is 0 Å². The van der Waals surface area contributed by atoms with Crippen LogP contribution in [0.3, 0.4) is 0 Å². The molecule has 0 amide bonds. The van der Waals surface area contributed by atoms with Crippen LogP contribution in [0.2, 0.25) is 0 Å². The van der Waals surface area contributed by atoms with Gasteiger partial charge in [0, 0.05) is 29.9 Å². The van der Waals surface area contributed by atoms with E-state index in [0.717, 1.165) is 16.7 Å². The molecule has 122 valence electrons. The maximum Gasteiger partial charge on any atom is 0.249 e. The molecule has 3 rings (SSSR count). The predicted molar refractivity (Wildman–Crippen MR) is 95.6 cm³/mol. The molecular weight excluding hydrogens is 330 g/mol. The Morgan fingerprint density at radius 3 is 2.78 bits per heavy atom. The zero-order valence-corrected chi connectivity index (χ0v) is 14.7. The van der Waals surface area contributed by atoms with Crippen LogP contribution in [0.4, 0.5) is 0 Å². The summed E-state index contributed by atoms with van der Waals surface area (Å²) in [7, 11) is -3.66. The summed E-state index contributed by atoms with van der Waals surface area (Å²) in [5.41, 5.74) is 9.16. The first-order valence-corrected chi connectivity index (χ1v) is 9.64. The monoisotopic (exact) mass is 349 g/mol. The summed E-state index contributed by atoms with van der Waals surface area (Å²) in [5, 5.41) is 3.97. The zero-order chi connectivity index (χ0) is 16.7. The molecule has 2 aromatic rings. The lowest BCUT2D eigenvalue weighted by molar-refractivity contribution is 0.555. The average molecular weight is 349 g/mol. The van der Waals surface area contributed by atoms with Crippen LogP contribution in [-0.2, 0) is 16.6 Å². The molecular formula is C16H19N3O2S2. The van der Waals surface area contributed by atoms with Crippen molar-refractivity contribution >= 4 is 27.6 Å². The number of nitrogens with two attached hydrogens (primary N) is 1. The Morgan fingerprint density at radius 2 is 2.22 bits per heavy atom. The number of thiophene rings is 1. The summed E-state index contributed by atoms with van der Waals surface area (Å²) >= 11 is 1.56. The van der Waals surface area contributed by atoms with E-state index in [4.69, 9.17) is 5.73 Å². The summed E-state index contributed by atoms with van der Waals surface area (Å²) in [4.78, 5) is 4.13. The molecule has 1 atom stereocenters. The van der Waals surface area contributed by atoms with Crippen LogP contribution < -0.4 is 5.73 Å². The van der Waals surface area contributed by atoms with E-state index in [2.05, 4.69) is 4.99 Å². The van der Waals surface area contributed by atoms with Crippen molar-refractivity contribution in [3.63, 3.8) is 0 Å². The van der Waals surface area contributed by atoms with Gasteiger partial charge in [0.2, 0.25) is 10.0 Å². The SMILES string of the molecule is Cc1cscc1-c1cc(CN)cn1S(=O)(=O)C1(C)C=CC=NC1. The lowest BCUT2D eigenvalue weighted by Gasteiger charge is -2.27. The van der Waals surface area contributed by atoms with Gasteiger partial charge >= 0.3 is 0 Å². The number of hydrogen-bond acceptors (Lipinski definition) is 5. The Kier molecular flexibility index (Phi) is 4.03. The van der Waals surface area contributed by atoms with E-state index in [-0.39, 0.29) is 6.54 Å². The molecule has 0 aliphatic carbocycles. The van der Waals surface area contributed by atoms with Gasteiger partial charge < -0.3 is 5.73 Å². The molecule has 1 unspecified atom stereocenters. The van der Waals surface area contributed by atoms with Gasteiger partial charge in [0.05, 0.1) is 12.2 Å². The second-order valence-electron chi connectivity index (χ2n) is 5.87. The number of hydrogen-bond donors (Lipinski definition) is 1. The smallest absolute Gasteiger partial charge is 0.249 e. The number of aliphatic imine (C=N–C) groups is 1. The second kappa shape index (κ2) is 5.74. The maximum absolute atomic E-state index is 13.3. The molecule has 7 heteroatoms. The van der Waals surface area contributed by atoms with E-state index in [1.54, 1.807) is 42.8 Å².